The zero-order chi connectivity index (χ0) is 19.4. The molecule has 3 heterocycles. The number of nitrogens with one attached hydrogen (secondary N) is 1. The highest BCUT2D eigenvalue weighted by atomic mass is 35.5. The highest BCUT2D eigenvalue weighted by Crippen LogP contribution is 2.47. The number of fused-ring (bicyclic) bond motifs is 1. The van der Waals surface area contributed by atoms with Crippen molar-refractivity contribution in [2.24, 2.45) is 0 Å². The fraction of sp³-hybridized carbons (Fsp3) is 0.316. The predicted molar refractivity (Wildman–Crippen MR) is 105 cm³/mol. The van der Waals surface area contributed by atoms with Gasteiger partial charge in [-0.3, -0.25) is 5.10 Å². The van der Waals surface area contributed by atoms with Crippen molar-refractivity contribution >= 4 is 29.1 Å². The van der Waals surface area contributed by atoms with Crippen molar-refractivity contribution in [2.75, 3.05) is 17.2 Å². The maximum atomic E-state index is 11.1. The number of benzene rings is 1. The average molecular weight is 385 g/mol. The monoisotopic (exact) mass is 384 g/mol. The summed E-state index contributed by atoms with van der Waals surface area (Å²) >= 11 is 6.36. The van der Waals surface area contributed by atoms with Gasteiger partial charge in [-0.25, -0.2) is 4.98 Å². The zero-order valence-electron chi connectivity index (χ0n) is 15.4. The van der Waals surface area contributed by atoms with Gasteiger partial charge in [0, 0.05) is 23.8 Å². The number of aromatic nitrogens is 4. The van der Waals surface area contributed by atoms with E-state index in [1.54, 1.807) is 19.2 Å². The lowest BCUT2D eigenvalue weighted by Crippen LogP contribution is -2.26. The number of H-pyrrole nitrogens is 1. The molecule has 1 atom stereocenters. The zero-order valence-corrected chi connectivity index (χ0v) is 16.1. The smallest absolute Gasteiger partial charge is 0.222 e. The van der Waals surface area contributed by atoms with E-state index in [1.165, 1.54) is 6.20 Å². The molecule has 0 amide bonds. The lowest BCUT2D eigenvalue weighted by molar-refractivity contribution is 0.0973. The molecule has 3 aromatic rings. The Balaban J connectivity index is 1.86. The molecule has 0 radical (unpaired) electrons. The van der Waals surface area contributed by atoms with Crippen LogP contribution in [0.5, 0.6) is 0 Å². The normalized spacial score (nSPS) is 17.6. The molecule has 140 valence electrons. The molecule has 1 aliphatic heterocycles. The molecule has 7 nitrogen and oxygen atoms in total. The van der Waals surface area contributed by atoms with Crippen LogP contribution in [0.15, 0.2) is 36.7 Å². The van der Waals surface area contributed by atoms with Crippen LogP contribution < -0.4 is 10.6 Å². The van der Waals surface area contributed by atoms with Crippen molar-refractivity contribution in [1.82, 2.24) is 20.2 Å². The Morgan fingerprint density at radius 2 is 2.11 bits per heavy atom. The first-order chi connectivity index (χ1) is 12.7. The summed E-state index contributed by atoms with van der Waals surface area (Å²) in [7, 11) is 0. The van der Waals surface area contributed by atoms with Gasteiger partial charge in [-0.2, -0.15) is 10.1 Å². The van der Waals surface area contributed by atoms with Crippen LogP contribution in [0.2, 0.25) is 5.02 Å². The highest BCUT2D eigenvalue weighted by molar-refractivity contribution is 6.33. The minimum atomic E-state index is -1.21. The Morgan fingerprint density at radius 1 is 1.33 bits per heavy atom. The van der Waals surface area contributed by atoms with Gasteiger partial charge in [0.2, 0.25) is 5.95 Å². The minimum Gasteiger partial charge on any atom is -0.379 e. The van der Waals surface area contributed by atoms with Crippen LogP contribution in [0.1, 0.15) is 37.6 Å². The first-order valence-electron chi connectivity index (χ1n) is 8.63. The Morgan fingerprint density at radius 3 is 2.81 bits per heavy atom. The van der Waals surface area contributed by atoms with E-state index in [2.05, 4.69) is 34.0 Å². The fourth-order valence-electron chi connectivity index (χ4n) is 3.63. The average Bonchev–Trinajstić information content (AvgIpc) is 3.24. The molecule has 27 heavy (non-hydrogen) atoms. The maximum Gasteiger partial charge on any atom is 0.222 e. The highest BCUT2D eigenvalue weighted by Gasteiger charge is 2.39. The topological polar surface area (TPSA) is 104 Å². The van der Waals surface area contributed by atoms with Crippen molar-refractivity contribution in [1.29, 1.82) is 0 Å². The third-order valence-electron chi connectivity index (χ3n) is 5.16. The number of aromatic amines is 1. The second kappa shape index (κ2) is 5.94. The summed E-state index contributed by atoms with van der Waals surface area (Å²) in [4.78, 5) is 10.3. The molecule has 1 unspecified atom stereocenters. The third kappa shape index (κ3) is 2.83. The molecule has 2 aromatic heterocycles. The Hall–Kier alpha value is -2.64. The van der Waals surface area contributed by atoms with E-state index in [4.69, 9.17) is 17.3 Å². The lowest BCUT2D eigenvalue weighted by Gasteiger charge is -2.25. The van der Waals surface area contributed by atoms with E-state index in [0.717, 1.165) is 16.8 Å². The summed E-state index contributed by atoms with van der Waals surface area (Å²) in [5.41, 5.74) is 7.92. The fourth-order valence-corrected chi connectivity index (χ4v) is 3.82. The number of aliphatic hydroxyl groups is 1. The van der Waals surface area contributed by atoms with Crippen LogP contribution in [0.3, 0.4) is 0 Å². The largest absolute Gasteiger partial charge is 0.379 e. The number of nitrogen functional groups attached to an aromatic ring is 1. The number of hydrogen-bond acceptors (Lipinski definition) is 6. The minimum absolute atomic E-state index is 0.114. The molecule has 0 saturated carbocycles. The first-order valence-corrected chi connectivity index (χ1v) is 9.01. The SMILES string of the molecule is CC1(C)CN(c2nc(N)ncc2Cl)c2cc(C(C)(O)c3ccn[nH]3)ccc21. The maximum absolute atomic E-state index is 11.1. The van der Waals surface area contributed by atoms with Crippen LogP contribution in [-0.2, 0) is 11.0 Å². The lowest BCUT2D eigenvalue weighted by atomic mass is 9.84. The van der Waals surface area contributed by atoms with E-state index in [-0.39, 0.29) is 11.4 Å². The van der Waals surface area contributed by atoms with E-state index in [1.807, 2.05) is 23.1 Å². The van der Waals surface area contributed by atoms with Crippen molar-refractivity contribution in [3.63, 3.8) is 0 Å². The van der Waals surface area contributed by atoms with Crippen molar-refractivity contribution in [3.05, 3.63) is 58.5 Å². The van der Waals surface area contributed by atoms with Gasteiger partial charge in [0.15, 0.2) is 5.82 Å². The van der Waals surface area contributed by atoms with Crippen LogP contribution in [0.25, 0.3) is 0 Å². The summed E-state index contributed by atoms with van der Waals surface area (Å²) in [5.74, 6) is 0.732. The molecule has 0 bridgehead atoms. The van der Waals surface area contributed by atoms with Crippen LogP contribution in [0.4, 0.5) is 17.5 Å². The van der Waals surface area contributed by atoms with Crippen molar-refractivity contribution < 1.29 is 5.11 Å². The second-order valence-corrected chi connectivity index (χ2v) is 8.05. The molecule has 4 rings (SSSR count). The standard InChI is InChI=1S/C19H21ClN6O/c1-18(2)10-26(16-13(20)9-22-17(21)24-16)14-8-11(4-5-12(14)18)19(3,27)15-6-7-23-25-15/h4-9,27H,10H2,1-3H3,(H,23,25)(H2,21,22,24). The van der Waals surface area contributed by atoms with Gasteiger partial charge in [0.05, 0.1) is 11.9 Å². The number of anilines is 3. The van der Waals surface area contributed by atoms with Gasteiger partial charge < -0.3 is 15.7 Å². The predicted octanol–water partition coefficient (Wildman–Crippen LogP) is 3.12. The molecule has 0 aliphatic carbocycles. The third-order valence-corrected chi connectivity index (χ3v) is 5.42. The number of hydrogen-bond donors (Lipinski definition) is 3. The van der Waals surface area contributed by atoms with Crippen LogP contribution in [0, 0.1) is 0 Å². The van der Waals surface area contributed by atoms with Crippen LogP contribution >= 0.6 is 11.6 Å². The number of nitrogens with two attached hydrogens (primary N) is 1. The van der Waals surface area contributed by atoms with Gasteiger partial charge in [0.25, 0.3) is 0 Å². The number of halogens is 1. The molecular weight excluding hydrogens is 364 g/mol. The summed E-state index contributed by atoms with van der Waals surface area (Å²) in [6.45, 7) is 6.75. The summed E-state index contributed by atoms with van der Waals surface area (Å²) in [5, 5.41) is 18.3. The number of rotatable bonds is 3. The van der Waals surface area contributed by atoms with E-state index in [9.17, 15) is 5.11 Å². The summed E-state index contributed by atoms with van der Waals surface area (Å²) in [6, 6.07) is 7.73. The quantitative estimate of drug-likeness (QED) is 0.641. The summed E-state index contributed by atoms with van der Waals surface area (Å²) in [6.07, 6.45) is 3.13. The molecule has 1 aromatic carbocycles. The van der Waals surface area contributed by atoms with Crippen molar-refractivity contribution in [2.45, 2.75) is 31.8 Å². The van der Waals surface area contributed by atoms with Gasteiger partial charge in [-0.1, -0.05) is 37.6 Å². The summed E-state index contributed by atoms with van der Waals surface area (Å²) < 4.78 is 0. The molecule has 0 spiro atoms. The van der Waals surface area contributed by atoms with Gasteiger partial charge in [0.1, 0.15) is 10.6 Å². The molecule has 0 fully saturated rings. The molecule has 1 aliphatic rings. The molecular formula is C19H21ClN6O. The van der Waals surface area contributed by atoms with Crippen molar-refractivity contribution in [3.8, 4) is 0 Å². The Labute approximate surface area is 162 Å². The van der Waals surface area contributed by atoms with E-state index < -0.39 is 5.60 Å². The van der Waals surface area contributed by atoms with Gasteiger partial charge in [-0.05, 0) is 30.2 Å². The first kappa shape index (κ1) is 17.8. The Bertz CT molecular complexity index is 999. The number of nitrogens with zero attached hydrogens (tertiary/aromatic N) is 4. The van der Waals surface area contributed by atoms with Gasteiger partial charge in [-0.15, -0.1) is 0 Å². The Kier molecular flexibility index (Phi) is 3.90. The second-order valence-electron chi connectivity index (χ2n) is 7.64. The van der Waals surface area contributed by atoms with E-state index in [0.29, 0.717) is 23.1 Å². The molecule has 8 heteroatoms. The van der Waals surface area contributed by atoms with E-state index >= 15 is 0 Å². The van der Waals surface area contributed by atoms with Gasteiger partial charge >= 0.3 is 0 Å². The molecule has 4 N–H and O–H groups in total. The molecule has 0 saturated heterocycles. The van der Waals surface area contributed by atoms with Crippen LogP contribution in [-0.4, -0.2) is 31.8 Å².